The zero-order valence-electron chi connectivity index (χ0n) is 31.5. The summed E-state index contributed by atoms with van der Waals surface area (Å²) in [7, 11) is 2.65. The van der Waals surface area contributed by atoms with Crippen LogP contribution in [-0.4, -0.2) is 98.0 Å². The van der Waals surface area contributed by atoms with Gasteiger partial charge in [-0.05, 0) is 78.3 Å². The molecule has 0 atom stereocenters. The molecule has 58 heavy (non-hydrogen) atoms. The number of hydrogen-bond donors (Lipinski definition) is 1. The lowest BCUT2D eigenvalue weighted by molar-refractivity contribution is 0.0590. The van der Waals surface area contributed by atoms with Gasteiger partial charge in [0.15, 0.2) is 0 Å². The van der Waals surface area contributed by atoms with Crippen LogP contribution in [0.4, 0.5) is 14.6 Å². The summed E-state index contributed by atoms with van der Waals surface area (Å²) >= 11 is 15.8. The highest BCUT2D eigenvalue weighted by Crippen LogP contribution is 2.39. The standard InChI is InChI=1S/C20H19ClFN3O3.C16H11BrClFN2O2.C4H9NO.CH4.H2/c1-12-17(18-14(21)4-3-5-15(18)22)16-7-6-13(20(26)27-2)19(25(16)23-12)24-8-10-28-11-9-24;1-8-13(14-10(18)4-3-5-11(14)19)12-7-6-9(16(22)23-2)15(17)21(12)20-8;1-3-6-4-2-5-1;;/h3-7H,8-11H2,1-2H3;3-7H,1-2H3;5H,1-4H2;1H4;1H/i;;;;1+1. The fourth-order valence-corrected chi connectivity index (χ4v) is 7.70. The van der Waals surface area contributed by atoms with E-state index in [0.29, 0.717) is 103 Å². The molecular formula is C41H45BrCl2F2N6O6. The Morgan fingerprint density at radius 3 is 1.66 bits per heavy atom. The molecule has 310 valence electrons. The van der Waals surface area contributed by atoms with Crippen LogP contribution in [0.2, 0.25) is 10.0 Å². The number of rotatable bonds is 5. The minimum absolute atomic E-state index is 0. The van der Waals surface area contributed by atoms with Gasteiger partial charge in [0.25, 0.3) is 0 Å². The molecule has 1 N–H and O–H groups in total. The van der Waals surface area contributed by atoms with Crippen LogP contribution >= 0.6 is 39.1 Å². The SMILES string of the molecule is C.C1COCCN1.COC(=O)c1ccc2c(-c3c(F)cccc3Cl)c(C)nn2c1Br.COC(=O)c1ccc2c(-c3c(F)cccc3Cl)c(C)nn2c1N1CCOCC1.[2HH]. The summed E-state index contributed by atoms with van der Waals surface area (Å²) < 4.78 is 52.7. The molecule has 2 aliphatic heterocycles. The molecule has 12 nitrogen and oxygen atoms in total. The second-order valence-electron chi connectivity index (χ2n) is 12.8. The number of methoxy groups -OCH3 is 2. The van der Waals surface area contributed by atoms with E-state index in [0.717, 1.165) is 26.3 Å². The first kappa shape index (κ1) is 44.5. The number of fused-ring (bicyclic) bond motifs is 2. The second-order valence-corrected chi connectivity index (χ2v) is 14.3. The van der Waals surface area contributed by atoms with Gasteiger partial charge in [0.2, 0.25) is 0 Å². The molecule has 6 aromatic rings. The molecule has 17 heteroatoms. The number of nitrogens with one attached hydrogen (secondary N) is 1. The molecule has 0 bridgehead atoms. The number of benzene rings is 2. The smallest absolute Gasteiger partial charge is 0.341 e. The van der Waals surface area contributed by atoms with E-state index in [1.807, 2.05) is 4.90 Å². The number of hydrogen-bond acceptors (Lipinski definition) is 10. The molecule has 2 aliphatic rings. The van der Waals surface area contributed by atoms with Gasteiger partial charge >= 0.3 is 11.9 Å². The van der Waals surface area contributed by atoms with Crippen molar-refractivity contribution < 1.29 is 38.7 Å². The minimum atomic E-state index is -0.489. The van der Waals surface area contributed by atoms with Crippen molar-refractivity contribution in [2.24, 2.45) is 0 Å². The monoisotopic (exact) mass is 905 g/mol. The Labute approximate surface area is 354 Å². The first-order valence-corrected chi connectivity index (χ1v) is 19.4. The summed E-state index contributed by atoms with van der Waals surface area (Å²) in [5.41, 5.74) is 5.02. The molecule has 0 amide bonds. The number of pyridine rings is 2. The Kier molecular flexibility index (Phi) is 15.2. The Hall–Kier alpha value is -4.64. The Bertz CT molecular complexity index is 2390. The van der Waals surface area contributed by atoms with E-state index < -0.39 is 23.6 Å². The van der Waals surface area contributed by atoms with Gasteiger partial charge in [-0.25, -0.2) is 27.4 Å². The predicted octanol–water partition coefficient (Wildman–Crippen LogP) is 8.87. The summed E-state index contributed by atoms with van der Waals surface area (Å²) in [5, 5.41) is 12.8. The molecule has 2 saturated heterocycles. The lowest BCUT2D eigenvalue weighted by Crippen LogP contribution is -2.38. The number of morpholine rings is 2. The average Bonchev–Trinajstić information content (AvgIpc) is 3.74. The second kappa shape index (κ2) is 19.9. The summed E-state index contributed by atoms with van der Waals surface area (Å²) in [6, 6.07) is 15.8. The zero-order chi connectivity index (χ0) is 40.8. The Morgan fingerprint density at radius 2 is 1.19 bits per heavy atom. The van der Waals surface area contributed by atoms with Gasteiger partial charge < -0.3 is 29.2 Å². The molecule has 0 unspecified atom stereocenters. The maximum atomic E-state index is 14.6. The van der Waals surface area contributed by atoms with Crippen molar-refractivity contribution in [3.8, 4) is 22.3 Å². The van der Waals surface area contributed by atoms with Crippen molar-refractivity contribution >= 4 is 67.9 Å². The molecular weight excluding hydrogens is 861 g/mol. The largest absolute Gasteiger partial charge is 0.465 e. The van der Waals surface area contributed by atoms with Crippen molar-refractivity contribution in [2.75, 3.05) is 71.7 Å². The van der Waals surface area contributed by atoms with E-state index in [4.69, 9.17) is 42.1 Å². The quantitative estimate of drug-likeness (QED) is 0.133. The average molecular weight is 908 g/mol. The molecule has 0 aliphatic carbocycles. The number of carbonyl (C=O) groups is 2. The van der Waals surface area contributed by atoms with E-state index >= 15 is 0 Å². The normalized spacial score (nSPS) is 13.8. The molecule has 8 rings (SSSR count). The highest BCUT2D eigenvalue weighted by molar-refractivity contribution is 9.10. The fourth-order valence-electron chi connectivity index (χ4n) is 6.62. The summed E-state index contributed by atoms with van der Waals surface area (Å²) in [6.45, 7) is 9.70. The molecule has 0 spiro atoms. The van der Waals surface area contributed by atoms with E-state index in [1.165, 1.54) is 30.9 Å². The minimum Gasteiger partial charge on any atom is -0.465 e. The number of ether oxygens (including phenoxy) is 4. The van der Waals surface area contributed by atoms with Crippen LogP contribution in [0.25, 0.3) is 33.3 Å². The summed E-state index contributed by atoms with van der Waals surface area (Å²) in [6.07, 6.45) is 0. The fraction of sp³-hybridized carbons (Fsp3) is 0.317. The topological polar surface area (TPSA) is 121 Å². The first-order valence-electron chi connectivity index (χ1n) is 17.8. The van der Waals surface area contributed by atoms with Crippen LogP contribution in [0.15, 0.2) is 65.3 Å². The van der Waals surface area contributed by atoms with Crippen LogP contribution in [0.5, 0.6) is 0 Å². The van der Waals surface area contributed by atoms with E-state index in [-0.39, 0.29) is 8.85 Å². The zero-order valence-corrected chi connectivity index (χ0v) is 34.6. The third-order valence-corrected chi connectivity index (χ3v) is 10.6. The van der Waals surface area contributed by atoms with Crippen molar-refractivity contribution in [3.63, 3.8) is 0 Å². The van der Waals surface area contributed by atoms with Gasteiger partial charge in [-0.3, -0.25) is 0 Å². The van der Waals surface area contributed by atoms with E-state index in [2.05, 4.69) is 31.4 Å². The summed E-state index contributed by atoms with van der Waals surface area (Å²) in [4.78, 5) is 26.2. The van der Waals surface area contributed by atoms with Crippen molar-refractivity contribution in [3.05, 3.63) is 109 Å². The molecule has 0 saturated carbocycles. The number of esters is 2. The number of halogens is 5. The number of carbonyl (C=O) groups excluding carboxylic acids is 2. The van der Waals surface area contributed by atoms with Crippen LogP contribution in [0.1, 0.15) is 41.0 Å². The third kappa shape index (κ3) is 9.14. The predicted molar refractivity (Wildman–Crippen MR) is 227 cm³/mol. The van der Waals surface area contributed by atoms with Crippen LogP contribution in [0, 0.1) is 25.5 Å². The maximum absolute atomic E-state index is 14.6. The van der Waals surface area contributed by atoms with Crippen molar-refractivity contribution in [1.29, 1.82) is 0 Å². The van der Waals surface area contributed by atoms with E-state index in [9.17, 15) is 18.4 Å². The van der Waals surface area contributed by atoms with Crippen molar-refractivity contribution in [1.82, 2.24) is 24.5 Å². The highest BCUT2D eigenvalue weighted by atomic mass is 79.9. The molecule has 6 heterocycles. The van der Waals surface area contributed by atoms with Gasteiger partial charge in [0.05, 0.1) is 78.7 Å². The number of aryl methyl sites for hydroxylation is 2. The maximum Gasteiger partial charge on any atom is 0.341 e. The molecule has 4 aromatic heterocycles. The van der Waals surface area contributed by atoms with Crippen LogP contribution in [0.3, 0.4) is 0 Å². The first-order chi connectivity index (χ1) is 27.5. The highest BCUT2D eigenvalue weighted by Gasteiger charge is 2.27. The van der Waals surface area contributed by atoms with E-state index in [1.54, 1.807) is 66.9 Å². The van der Waals surface area contributed by atoms with Crippen LogP contribution < -0.4 is 10.2 Å². The third-order valence-electron chi connectivity index (χ3n) is 9.25. The molecule has 2 fully saturated rings. The Balaban J connectivity index is 0.000000224. The van der Waals surface area contributed by atoms with Gasteiger partial charge in [-0.15, -0.1) is 0 Å². The number of nitrogens with zero attached hydrogens (tertiary/aromatic N) is 5. The lowest BCUT2D eigenvalue weighted by Gasteiger charge is -2.30. The van der Waals surface area contributed by atoms with Gasteiger partial charge in [0, 0.05) is 49.9 Å². The van der Waals surface area contributed by atoms with Gasteiger partial charge in [-0.2, -0.15) is 10.2 Å². The molecule has 0 radical (unpaired) electrons. The number of anilines is 1. The van der Waals surface area contributed by atoms with Gasteiger partial charge in [0.1, 0.15) is 27.6 Å². The number of aromatic nitrogens is 4. The van der Waals surface area contributed by atoms with Crippen molar-refractivity contribution in [2.45, 2.75) is 21.3 Å². The van der Waals surface area contributed by atoms with Gasteiger partial charge in [-0.1, -0.05) is 42.8 Å². The summed E-state index contributed by atoms with van der Waals surface area (Å²) in [5.74, 6) is -1.19. The van der Waals surface area contributed by atoms with Crippen LogP contribution in [-0.2, 0) is 18.9 Å². The Morgan fingerprint density at radius 1 is 0.724 bits per heavy atom. The lowest BCUT2D eigenvalue weighted by atomic mass is 10.0. The molecule has 2 aromatic carbocycles.